The number of hydrogen-bond donors (Lipinski definition) is 1. The molecule has 4 aromatic rings. The Kier molecular flexibility index (Phi) is 8.40. The van der Waals surface area contributed by atoms with Crippen molar-refractivity contribution >= 4 is 31.2 Å². The van der Waals surface area contributed by atoms with E-state index in [1.165, 1.54) is 11.9 Å². The normalized spacial score (nSPS) is 21.3. The fourth-order valence-electron chi connectivity index (χ4n) is 5.29. The van der Waals surface area contributed by atoms with Gasteiger partial charge in [0, 0.05) is 11.5 Å². The Labute approximate surface area is 243 Å². The molecule has 4 atom stereocenters. The molecule has 2 aromatic carbocycles. The summed E-state index contributed by atoms with van der Waals surface area (Å²) in [5.41, 5.74) is 2.99. The van der Waals surface area contributed by atoms with Crippen molar-refractivity contribution in [3.63, 3.8) is 0 Å². The first-order chi connectivity index (χ1) is 19.6. The van der Waals surface area contributed by atoms with Gasteiger partial charge < -0.3 is 14.5 Å². The van der Waals surface area contributed by atoms with Crippen LogP contribution in [0.5, 0.6) is 0 Å². The van der Waals surface area contributed by atoms with Gasteiger partial charge in [-0.05, 0) is 55.1 Å². The van der Waals surface area contributed by atoms with Gasteiger partial charge in [-0.3, -0.25) is 9.36 Å². The number of imidazole rings is 1. The molecule has 0 aliphatic carbocycles. The Morgan fingerprint density at radius 1 is 1.02 bits per heavy atom. The van der Waals surface area contributed by atoms with Crippen molar-refractivity contribution in [2.75, 3.05) is 5.32 Å². The van der Waals surface area contributed by atoms with Gasteiger partial charge in [-0.15, -0.1) is 0 Å². The molecule has 0 saturated carbocycles. The summed E-state index contributed by atoms with van der Waals surface area (Å²) in [6, 6.07) is 19.7. The lowest BCUT2D eigenvalue weighted by Gasteiger charge is -2.41. The fourth-order valence-corrected chi connectivity index (χ4v) is 6.62. The van der Waals surface area contributed by atoms with E-state index >= 15 is 0 Å². The first-order valence-electron chi connectivity index (χ1n) is 14.5. The monoisotopic (exact) mass is 571 g/mol. The molecule has 1 aliphatic rings. The second kappa shape index (κ2) is 11.8. The highest BCUT2D eigenvalue weighted by Gasteiger charge is 2.50. The molecule has 5 rings (SSSR count). The molecule has 1 aliphatic heterocycles. The van der Waals surface area contributed by atoms with Crippen LogP contribution in [0.1, 0.15) is 62.7 Å². The molecule has 9 heteroatoms. The zero-order chi connectivity index (χ0) is 29.2. The van der Waals surface area contributed by atoms with Crippen molar-refractivity contribution in [3.8, 4) is 0 Å². The van der Waals surface area contributed by atoms with Crippen LogP contribution in [0, 0.1) is 5.92 Å². The lowest BCUT2D eigenvalue weighted by atomic mass is 9.90. The number of ether oxygens (including phenoxy) is 1. The molecular weight excluding hydrogens is 530 g/mol. The summed E-state index contributed by atoms with van der Waals surface area (Å²) in [5, 5.41) is 2.95. The standard InChI is InChI=1S/C32H41N5O3Si/c1-7-25-24(19-18-22-14-10-8-11-15-22)27(40-41(5,6)32(2,3)4)31(39-25)37-21-35-26-28(33-20-34-29(26)37)36-30(38)23-16-12-9-13-17-23/h8-17,20-21,24-25,27,31H,7,18-19H2,1-6H3,(H,33,34,36,38)/t24?,25-,27+,31-/m1/s1. The third-order valence-corrected chi connectivity index (χ3v) is 13.1. The van der Waals surface area contributed by atoms with Crippen LogP contribution in [0.3, 0.4) is 0 Å². The predicted molar refractivity (Wildman–Crippen MR) is 164 cm³/mol. The molecule has 0 radical (unpaired) electrons. The lowest BCUT2D eigenvalue weighted by Crippen LogP contribution is -2.47. The Morgan fingerprint density at radius 3 is 2.37 bits per heavy atom. The van der Waals surface area contributed by atoms with Gasteiger partial charge in [0.15, 0.2) is 31.5 Å². The number of carbonyl (C=O) groups is 1. The molecular formula is C32H41N5O3Si. The van der Waals surface area contributed by atoms with E-state index in [0.717, 1.165) is 19.3 Å². The lowest BCUT2D eigenvalue weighted by molar-refractivity contribution is -0.0322. The van der Waals surface area contributed by atoms with Crippen LogP contribution >= 0.6 is 0 Å². The van der Waals surface area contributed by atoms with Crippen molar-refractivity contribution in [3.05, 3.63) is 84.4 Å². The van der Waals surface area contributed by atoms with Crippen LogP contribution < -0.4 is 5.32 Å². The number of aryl methyl sites for hydroxylation is 1. The first-order valence-corrected chi connectivity index (χ1v) is 17.4. The number of rotatable bonds is 9. The molecule has 8 nitrogen and oxygen atoms in total. The van der Waals surface area contributed by atoms with E-state index in [2.05, 4.69) is 91.4 Å². The average molecular weight is 572 g/mol. The number of carbonyl (C=O) groups excluding carboxylic acids is 1. The number of amides is 1. The molecule has 2 aromatic heterocycles. The summed E-state index contributed by atoms with van der Waals surface area (Å²) in [6.45, 7) is 13.6. The van der Waals surface area contributed by atoms with E-state index in [0.29, 0.717) is 22.5 Å². The highest BCUT2D eigenvalue weighted by atomic mass is 28.4. The minimum atomic E-state index is -2.16. The van der Waals surface area contributed by atoms with Gasteiger partial charge >= 0.3 is 0 Å². The third-order valence-electron chi connectivity index (χ3n) is 8.64. The van der Waals surface area contributed by atoms with Crippen molar-refractivity contribution in [1.82, 2.24) is 19.5 Å². The number of nitrogens with one attached hydrogen (secondary N) is 1. The van der Waals surface area contributed by atoms with E-state index in [1.807, 2.05) is 22.8 Å². The van der Waals surface area contributed by atoms with Crippen molar-refractivity contribution in [2.24, 2.45) is 5.92 Å². The maximum absolute atomic E-state index is 12.9. The molecule has 1 N–H and O–H groups in total. The summed E-state index contributed by atoms with van der Waals surface area (Å²) in [4.78, 5) is 26.5. The predicted octanol–water partition coefficient (Wildman–Crippen LogP) is 7.03. The molecule has 1 saturated heterocycles. The number of aromatic nitrogens is 4. The van der Waals surface area contributed by atoms with Crippen LogP contribution in [0.4, 0.5) is 5.82 Å². The van der Waals surface area contributed by atoms with E-state index in [4.69, 9.17) is 9.16 Å². The van der Waals surface area contributed by atoms with Crippen LogP contribution in [-0.2, 0) is 15.6 Å². The van der Waals surface area contributed by atoms with E-state index in [1.54, 1.807) is 18.5 Å². The molecule has 1 amide bonds. The second-order valence-corrected chi connectivity index (χ2v) is 17.1. The summed E-state index contributed by atoms with van der Waals surface area (Å²) in [7, 11) is -2.16. The molecule has 0 spiro atoms. The van der Waals surface area contributed by atoms with Gasteiger partial charge in [-0.25, -0.2) is 15.0 Å². The van der Waals surface area contributed by atoms with Crippen LogP contribution in [0.25, 0.3) is 11.2 Å². The van der Waals surface area contributed by atoms with Crippen molar-refractivity contribution < 1.29 is 14.0 Å². The van der Waals surface area contributed by atoms with E-state index < -0.39 is 14.5 Å². The Morgan fingerprint density at radius 2 is 1.71 bits per heavy atom. The topological polar surface area (TPSA) is 91.2 Å². The van der Waals surface area contributed by atoms with Gasteiger partial charge in [-0.1, -0.05) is 76.2 Å². The van der Waals surface area contributed by atoms with Gasteiger partial charge in [0.25, 0.3) is 5.91 Å². The Balaban J connectivity index is 1.49. The molecule has 216 valence electrons. The number of nitrogens with zero attached hydrogens (tertiary/aromatic N) is 4. The second-order valence-electron chi connectivity index (χ2n) is 12.4. The fraction of sp³-hybridized carbons (Fsp3) is 0.438. The average Bonchev–Trinajstić information content (AvgIpc) is 3.53. The van der Waals surface area contributed by atoms with E-state index in [9.17, 15) is 4.79 Å². The van der Waals surface area contributed by atoms with Crippen molar-refractivity contribution in [1.29, 1.82) is 0 Å². The summed E-state index contributed by atoms with van der Waals surface area (Å²) in [6.07, 6.45) is 5.48. The van der Waals surface area contributed by atoms with Gasteiger partial charge in [0.1, 0.15) is 6.33 Å². The quantitative estimate of drug-likeness (QED) is 0.217. The Bertz CT molecular complexity index is 1470. The molecule has 1 unspecified atom stereocenters. The number of benzene rings is 2. The molecule has 0 bridgehead atoms. The number of hydrogen-bond acceptors (Lipinski definition) is 6. The minimum Gasteiger partial charge on any atom is -0.409 e. The van der Waals surface area contributed by atoms with Crippen molar-refractivity contribution in [2.45, 2.75) is 83.5 Å². The largest absolute Gasteiger partial charge is 0.409 e. The highest BCUT2D eigenvalue weighted by molar-refractivity contribution is 6.74. The van der Waals surface area contributed by atoms with Gasteiger partial charge in [0.05, 0.1) is 18.5 Å². The Hall–Kier alpha value is -3.40. The number of fused-ring (bicyclic) bond motifs is 1. The SMILES string of the molecule is CC[C@H]1O[C@@H](n2cnc3c(NC(=O)c4ccccc4)ncnc32)[C@@H](O[Si](C)(C)C(C)(C)C)C1CCc1ccccc1. The van der Waals surface area contributed by atoms with E-state index in [-0.39, 0.29) is 29.1 Å². The highest BCUT2D eigenvalue weighted by Crippen LogP contribution is 2.46. The summed E-state index contributed by atoms with van der Waals surface area (Å²) >= 11 is 0. The maximum Gasteiger partial charge on any atom is 0.256 e. The third kappa shape index (κ3) is 6.12. The molecule has 3 heterocycles. The van der Waals surface area contributed by atoms with Crippen LogP contribution in [0.15, 0.2) is 73.3 Å². The summed E-state index contributed by atoms with van der Waals surface area (Å²) < 4.78 is 16.0. The number of anilines is 1. The van der Waals surface area contributed by atoms with Crippen LogP contribution in [0.2, 0.25) is 18.1 Å². The maximum atomic E-state index is 12.9. The summed E-state index contributed by atoms with van der Waals surface area (Å²) in [5.74, 6) is 0.328. The zero-order valence-corrected chi connectivity index (χ0v) is 25.9. The minimum absolute atomic E-state index is 0.0371. The van der Waals surface area contributed by atoms with Gasteiger partial charge in [-0.2, -0.15) is 0 Å². The first kappa shape index (κ1) is 29.1. The zero-order valence-electron chi connectivity index (χ0n) is 24.9. The molecule has 41 heavy (non-hydrogen) atoms. The smallest absolute Gasteiger partial charge is 0.256 e. The van der Waals surface area contributed by atoms with Crippen LogP contribution in [-0.4, -0.2) is 46.0 Å². The molecule has 1 fully saturated rings. The van der Waals surface area contributed by atoms with Gasteiger partial charge in [0.2, 0.25) is 0 Å².